The monoisotopic (exact) mass is 386 g/mol. The highest BCUT2D eigenvalue weighted by Crippen LogP contribution is 2.37. The van der Waals surface area contributed by atoms with Crippen molar-refractivity contribution in [1.29, 1.82) is 0 Å². The van der Waals surface area contributed by atoms with E-state index in [1.54, 1.807) is 6.07 Å². The number of fused-ring (bicyclic) bond motifs is 2. The summed E-state index contributed by atoms with van der Waals surface area (Å²) in [5.74, 6) is -0.336. The van der Waals surface area contributed by atoms with Gasteiger partial charge in [0.05, 0.1) is 41.3 Å². The third-order valence-corrected chi connectivity index (χ3v) is 5.79. The zero-order valence-corrected chi connectivity index (χ0v) is 16.5. The molecule has 4 aromatic rings. The van der Waals surface area contributed by atoms with Crippen LogP contribution >= 0.6 is 0 Å². The second kappa shape index (κ2) is 6.88. The lowest BCUT2D eigenvalue weighted by atomic mass is 10.0. The number of anilines is 1. The number of esters is 1. The number of ether oxygens (including phenoxy) is 1. The first-order chi connectivity index (χ1) is 14.1. The van der Waals surface area contributed by atoms with Gasteiger partial charge in [-0.2, -0.15) is 5.10 Å². The summed E-state index contributed by atoms with van der Waals surface area (Å²) >= 11 is 0. The normalized spacial score (nSPS) is 16.6. The quantitative estimate of drug-likeness (QED) is 0.523. The van der Waals surface area contributed by atoms with Gasteiger partial charge < -0.3 is 9.64 Å². The Morgan fingerprint density at radius 1 is 1.17 bits per heavy atom. The number of carbonyl (C=O) groups excluding carboxylic acids is 1. The second-order valence-electron chi connectivity index (χ2n) is 7.61. The molecule has 1 N–H and O–H groups in total. The SMILES string of the molecule is COC(=O)c1ccc2nc(-c3ccc4[nH]ncc4c3)c(N3CCC[C@@H]3C)cc2c1. The van der Waals surface area contributed by atoms with Crippen molar-refractivity contribution >= 4 is 33.5 Å². The van der Waals surface area contributed by atoms with Gasteiger partial charge in [-0.15, -0.1) is 0 Å². The number of nitrogens with one attached hydrogen (secondary N) is 1. The molecule has 1 atom stereocenters. The number of pyridine rings is 1. The van der Waals surface area contributed by atoms with Crippen molar-refractivity contribution in [2.45, 2.75) is 25.8 Å². The average molecular weight is 386 g/mol. The van der Waals surface area contributed by atoms with Crippen molar-refractivity contribution in [1.82, 2.24) is 15.2 Å². The molecule has 0 unspecified atom stereocenters. The van der Waals surface area contributed by atoms with Crippen LogP contribution in [0.15, 0.2) is 48.7 Å². The van der Waals surface area contributed by atoms with Crippen molar-refractivity contribution in [3.05, 3.63) is 54.2 Å². The van der Waals surface area contributed by atoms with Crippen LogP contribution < -0.4 is 4.90 Å². The molecule has 0 bridgehead atoms. The molecule has 0 saturated carbocycles. The summed E-state index contributed by atoms with van der Waals surface area (Å²) in [6, 6.07) is 14.4. The molecule has 0 radical (unpaired) electrons. The predicted octanol–water partition coefficient (Wildman–Crippen LogP) is 4.55. The molecule has 1 aliphatic rings. The van der Waals surface area contributed by atoms with Gasteiger partial charge in [0.15, 0.2) is 0 Å². The molecule has 2 aromatic carbocycles. The molecule has 6 nitrogen and oxygen atoms in total. The van der Waals surface area contributed by atoms with E-state index in [1.165, 1.54) is 20.0 Å². The van der Waals surface area contributed by atoms with Crippen LogP contribution in [0.5, 0.6) is 0 Å². The van der Waals surface area contributed by atoms with E-state index in [0.717, 1.165) is 45.3 Å². The van der Waals surface area contributed by atoms with E-state index in [9.17, 15) is 4.79 Å². The number of carbonyl (C=O) groups is 1. The van der Waals surface area contributed by atoms with E-state index in [2.05, 4.69) is 40.2 Å². The fourth-order valence-electron chi connectivity index (χ4n) is 4.22. The van der Waals surface area contributed by atoms with Gasteiger partial charge in [-0.25, -0.2) is 9.78 Å². The van der Waals surface area contributed by atoms with E-state index >= 15 is 0 Å². The van der Waals surface area contributed by atoms with Crippen molar-refractivity contribution in [3.8, 4) is 11.3 Å². The number of aromatic amines is 1. The Morgan fingerprint density at radius 3 is 2.86 bits per heavy atom. The summed E-state index contributed by atoms with van der Waals surface area (Å²) in [5, 5.41) is 9.14. The van der Waals surface area contributed by atoms with Gasteiger partial charge in [-0.05, 0) is 56.2 Å². The number of hydrogen-bond acceptors (Lipinski definition) is 5. The number of rotatable bonds is 3. The minimum atomic E-state index is -0.336. The third-order valence-electron chi connectivity index (χ3n) is 5.79. The summed E-state index contributed by atoms with van der Waals surface area (Å²) in [6.07, 6.45) is 4.17. The molecule has 146 valence electrons. The van der Waals surface area contributed by atoms with Crippen molar-refractivity contribution < 1.29 is 9.53 Å². The minimum Gasteiger partial charge on any atom is -0.465 e. The second-order valence-corrected chi connectivity index (χ2v) is 7.61. The highest BCUT2D eigenvalue weighted by molar-refractivity contribution is 5.97. The van der Waals surface area contributed by atoms with E-state index in [1.807, 2.05) is 24.4 Å². The number of H-pyrrole nitrogens is 1. The van der Waals surface area contributed by atoms with Crippen LogP contribution in [-0.2, 0) is 4.74 Å². The van der Waals surface area contributed by atoms with E-state index in [-0.39, 0.29) is 5.97 Å². The van der Waals surface area contributed by atoms with E-state index in [0.29, 0.717) is 11.6 Å². The van der Waals surface area contributed by atoms with Crippen LogP contribution in [0.3, 0.4) is 0 Å². The van der Waals surface area contributed by atoms with Crippen LogP contribution in [0, 0.1) is 0 Å². The highest BCUT2D eigenvalue weighted by atomic mass is 16.5. The first-order valence-electron chi connectivity index (χ1n) is 9.87. The van der Waals surface area contributed by atoms with Crippen LogP contribution in [0.1, 0.15) is 30.1 Å². The Bertz CT molecular complexity index is 1230. The summed E-state index contributed by atoms with van der Waals surface area (Å²) in [6.45, 7) is 3.26. The molecule has 3 heterocycles. The number of aromatic nitrogens is 3. The number of methoxy groups -OCH3 is 1. The van der Waals surface area contributed by atoms with Crippen molar-refractivity contribution in [3.63, 3.8) is 0 Å². The lowest BCUT2D eigenvalue weighted by Crippen LogP contribution is -2.27. The molecule has 0 amide bonds. The van der Waals surface area contributed by atoms with E-state index < -0.39 is 0 Å². The summed E-state index contributed by atoms with van der Waals surface area (Å²) < 4.78 is 4.88. The van der Waals surface area contributed by atoms with Crippen molar-refractivity contribution in [2.75, 3.05) is 18.6 Å². The topological polar surface area (TPSA) is 71.1 Å². The van der Waals surface area contributed by atoms with Gasteiger partial charge in [0.2, 0.25) is 0 Å². The Kier molecular flexibility index (Phi) is 4.19. The largest absolute Gasteiger partial charge is 0.465 e. The standard InChI is InChI=1S/C23H22N4O2/c1-14-4-3-9-27(14)21-12-17-11-16(23(28)29-2)6-7-19(17)25-22(21)15-5-8-20-18(10-15)13-24-26-20/h5-8,10-14H,3-4,9H2,1-2H3,(H,24,26)/t14-/m0/s1. The lowest BCUT2D eigenvalue weighted by Gasteiger charge is -2.26. The zero-order chi connectivity index (χ0) is 20.0. The molecule has 0 aliphatic carbocycles. The maximum atomic E-state index is 12.0. The molecule has 2 aromatic heterocycles. The first-order valence-corrected chi connectivity index (χ1v) is 9.87. The Hall–Kier alpha value is -3.41. The van der Waals surface area contributed by atoms with Crippen LogP contribution in [0.25, 0.3) is 33.1 Å². The fourth-order valence-corrected chi connectivity index (χ4v) is 4.22. The van der Waals surface area contributed by atoms with Gasteiger partial charge in [0.25, 0.3) is 0 Å². The van der Waals surface area contributed by atoms with Crippen LogP contribution in [0.2, 0.25) is 0 Å². The number of hydrogen-bond donors (Lipinski definition) is 1. The third kappa shape index (κ3) is 3.01. The zero-order valence-electron chi connectivity index (χ0n) is 16.5. The van der Waals surface area contributed by atoms with Gasteiger partial charge in [-0.3, -0.25) is 5.10 Å². The molecule has 1 saturated heterocycles. The van der Waals surface area contributed by atoms with Gasteiger partial charge >= 0.3 is 5.97 Å². The fraction of sp³-hybridized carbons (Fsp3) is 0.261. The number of benzene rings is 2. The van der Waals surface area contributed by atoms with Gasteiger partial charge in [-0.1, -0.05) is 6.07 Å². The highest BCUT2D eigenvalue weighted by Gasteiger charge is 2.25. The molecule has 6 heteroatoms. The molecular weight excluding hydrogens is 364 g/mol. The summed E-state index contributed by atoms with van der Waals surface area (Å²) in [5.41, 5.74) is 5.53. The Balaban J connectivity index is 1.73. The first kappa shape index (κ1) is 17.7. The molecule has 5 rings (SSSR count). The Labute approximate surface area is 168 Å². The van der Waals surface area contributed by atoms with Crippen LogP contribution in [0.4, 0.5) is 5.69 Å². The molecule has 1 aliphatic heterocycles. The maximum absolute atomic E-state index is 12.0. The van der Waals surface area contributed by atoms with Gasteiger partial charge in [0, 0.05) is 28.9 Å². The predicted molar refractivity (Wildman–Crippen MR) is 114 cm³/mol. The van der Waals surface area contributed by atoms with E-state index in [4.69, 9.17) is 9.72 Å². The molecule has 0 spiro atoms. The average Bonchev–Trinajstić information content (AvgIpc) is 3.39. The lowest BCUT2D eigenvalue weighted by molar-refractivity contribution is 0.0601. The molecular formula is C23H22N4O2. The minimum absolute atomic E-state index is 0.336. The number of nitrogens with zero attached hydrogens (tertiary/aromatic N) is 3. The van der Waals surface area contributed by atoms with Crippen molar-refractivity contribution in [2.24, 2.45) is 0 Å². The Morgan fingerprint density at radius 2 is 2.07 bits per heavy atom. The summed E-state index contributed by atoms with van der Waals surface area (Å²) in [4.78, 5) is 19.4. The summed E-state index contributed by atoms with van der Waals surface area (Å²) in [7, 11) is 1.40. The van der Waals surface area contributed by atoms with Gasteiger partial charge in [0.1, 0.15) is 0 Å². The molecule has 1 fully saturated rings. The smallest absolute Gasteiger partial charge is 0.337 e. The maximum Gasteiger partial charge on any atom is 0.337 e. The molecule has 29 heavy (non-hydrogen) atoms. The van der Waals surface area contributed by atoms with Crippen LogP contribution in [-0.4, -0.2) is 40.8 Å².